The summed E-state index contributed by atoms with van der Waals surface area (Å²) in [5.74, 6) is 0.812. The highest BCUT2D eigenvalue weighted by atomic mass is 35.5. The second-order valence-corrected chi connectivity index (χ2v) is 4.49. The molecule has 1 aromatic heterocycles. The summed E-state index contributed by atoms with van der Waals surface area (Å²) in [5, 5.41) is 7.18. The van der Waals surface area contributed by atoms with Crippen LogP contribution in [-0.2, 0) is 11.3 Å². The van der Waals surface area contributed by atoms with Crippen LogP contribution < -0.4 is 5.32 Å². The predicted molar refractivity (Wildman–Crippen MR) is 71.5 cm³/mol. The Kier molecular flexibility index (Phi) is 4.52. The average molecular weight is 280 g/mol. The Morgan fingerprint density at radius 1 is 1.47 bits per heavy atom. The van der Waals surface area contributed by atoms with Crippen molar-refractivity contribution in [3.05, 3.63) is 35.2 Å². The van der Waals surface area contributed by atoms with Crippen LogP contribution in [0.25, 0.3) is 11.4 Å². The Balaban J connectivity index is 2.01. The highest BCUT2D eigenvalue weighted by Gasteiger charge is 2.09. The Bertz CT molecular complexity index is 569. The van der Waals surface area contributed by atoms with Crippen molar-refractivity contribution in [2.45, 2.75) is 26.3 Å². The van der Waals surface area contributed by atoms with Gasteiger partial charge in [0, 0.05) is 17.0 Å². The molecule has 0 fully saturated rings. The van der Waals surface area contributed by atoms with Crippen LogP contribution in [0.5, 0.6) is 0 Å². The van der Waals surface area contributed by atoms with Crippen LogP contribution in [0.15, 0.2) is 28.8 Å². The number of nitrogens with one attached hydrogen (secondary N) is 1. The molecule has 0 bridgehead atoms. The van der Waals surface area contributed by atoms with Gasteiger partial charge in [-0.2, -0.15) is 4.98 Å². The highest BCUT2D eigenvalue weighted by Crippen LogP contribution is 2.19. The van der Waals surface area contributed by atoms with E-state index in [1.807, 2.05) is 19.1 Å². The molecule has 2 aromatic rings. The van der Waals surface area contributed by atoms with Crippen molar-refractivity contribution in [3.8, 4) is 11.4 Å². The van der Waals surface area contributed by atoms with E-state index in [9.17, 15) is 4.79 Å². The summed E-state index contributed by atoms with van der Waals surface area (Å²) in [6, 6.07) is 7.19. The molecule has 1 aromatic carbocycles. The molecule has 0 aliphatic rings. The molecule has 1 N–H and O–H groups in total. The van der Waals surface area contributed by atoms with E-state index < -0.39 is 0 Å². The summed E-state index contributed by atoms with van der Waals surface area (Å²) >= 11 is 5.90. The zero-order valence-electron chi connectivity index (χ0n) is 10.5. The van der Waals surface area contributed by atoms with E-state index in [0.29, 0.717) is 23.2 Å². The van der Waals surface area contributed by atoms with Gasteiger partial charge in [-0.3, -0.25) is 4.79 Å². The Hall–Kier alpha value is -1.88. The lowest BCUT2D eigenvalue weighted by Crippen LogP contribution is -2.22. The molecule has 0 unspecified atom stereocenters. The van der Waals surface area contributed by atoms with Crippen molar-refractivity contribution in [2.24, 2.45) is 0 Å². The van der Waals surface area contributed by atoms with E-state index in [1.165, 1.54) is 0 Å². The summed E-state index contributed by atoms with van der Waals surface area (Å²) in [7, 11) is 0. The number of carbonyl (C=O) groups excluding carboxylic acids is 1. The quantitative estimate of drug-likeness (QED) is 0.914. The molecule has 0 spiro atoms. The number of amides is 1. The maximum absolute atomic E-state index is 11.3. The smallest absolute Gasteiger partial charge is 0.246 e. The summed E-state index contributed by atoms with van der Waals surface area (Å²) in [5.41, 5.74) is 0.780. The fourth-order valence-corrected chi connectivity index (χ4v) is 1.75. The van der Waals surface area contributed by atoms with E-state index in [0.717, 1.165) is 12.0 Å². The number of rotatable bonds is 5. The van der Waals surface area contributed by atoms with Crippen molar-refractivity contribution in [1.29, 1.82) is 0 Å². The molecule has 0 saturated heterocycles. The van der Waals surface area contributed by atoms with Gasteiger partial charge in [-0.15, -0.1) is 0 Å². The zero-order chi connectivity index (χ0) is 13.7. The number of aromatic nitrogens is 2. The third-order valence-electron chi connectivity index (χ3n) is 2.46. The first-order valence-corrected chi connectivity index (χ1v) is 6.42. The molecule has 1 amide bonds. The summed E-state index contributed by atoms with van der Waals surface area (Å²) in [6.45, 7) is 2.19. The zero-order valence-corrected chi connectivity index (χ0v) is 11.3. The lowest BCUT2D eigenvalue weighted by Gasteiger charge is -1.98. The van der Waals surface area contributed by atoms with Gasteiger partial charge < -0.3 is 9.84 Å². The molecular weight excluding hydrogens is 266 g/mol. The first kappa shape index (κ1) is 13.5. The number of benzene rings is 1. The molecule has 19 heavy (non-hydrogen) atoms. The molecule has 0 aliphatic heterocycles. The Labute approximate surface area is 116 Å². The van der Waals surface area contributed by atoms with Gasteiger partial charge in [0.15, 0.2) is 0 Å². The monoisotopic (exact) mass is 279 g/mol. The molecule has 5 nitrogen and oxygen atoms in total. The van der Waals surface area contributed by atoms with Gasteiger partial charge >= 0.3 is 0 Å². The van der Waals surface area contributed by atoms with E-state index in [4.69, 9.17) is 16.1 Å². The maximum Gasteiger partial charge on any atom is 0.246 e. The third kappa shape index (κ3) is 3.79. The molecule has 2 rings (SSSR count). The van der Waals surface area contributed by atoms with E-state index in [1.54, 1.807) is 12.1 Å². The van der Waals surface area contributed by atoms with Crippen LogP contribution in [0, 0.1) is 0 Å². The maximum atomic E-state index is 11.3. The molecule has 1 heterocycles. The Morgan fingerprint density at radius 2 is 2.32 bits per heavy atom. The van der Waals surface area contributed by atoms with Crippen molar-refractivity contribution >= 4 is 17.5 Å². The minimum Gasteiger partial charge on any atom is -0.347 e. The summed E-state index contributed by atoms with van der Waals surface area (Å²) in [4.78, 5) is 15.5. The van der Waals surface area contributed by atoms with Gasteiger partial charge in [0.25, 0.3) is 0 Å². The highest BCUT2D eigenvalue weighted by molar-refractivity contribution is 6.30. The first-order valence-electron chi connectivity index (χ1n) is 6.04. The van der Waals surface area contributed by atoms with Gasteiger partial charge in [0.05, 0.1) is 6.54 Å². The lowest BCUT2D eigenvalue weighted by molar-refractivity contribution is -0.121. The normalized spacial score (nSPS) is 10.4. The van der Waals surface area contributed by atoms with Crippen LogP contribution >= 0.6 is 11.6 Å². The number of hydrogen-bond donors (Lipinski definition) is 1. The lowest BCUT2D eigenvalue weighted by atomic mass is 10.2. The molecule has 0 aliphatic carbocycles. The average Bonchev–Trinajstić information content (AvgIpc) is 2.85. The van der Waals surface area contributed by atoms with Gasteiger partial charge in [0.1, 0.15) is 0 Å². The first-order chi connectivity index (χ1) is 9.19. The van der Waals surface area contributed by atoms with Crippen LogP contribution in [0.1, 0.15) is 25.7 Å². The van der Waals surface area contributed by atoms with Crippen molar-refractivity contribution in [1.82, 2.24) is 15.5 Å². The fraction of sp³-hybridized carbons (Fsp3) is 0.308. The second-order valence-electron chi connectivity index (χ2n) is 4.05. The largest absolute Gasteiger partial charge is 0.347 e. The second kappa shape index (κ2) is 6.33. The minimum atomic E-state index is -0.0231. The van der Waals surface area contributed by atoms with Crippen LogP contribution in [-0.4, -0.2) is 16.0 Å². The van der Waals surface area contributed by atoms with Crippen LogP contribution in [0.2, 0.25) is 5.02 Å². The van der Waals surface area contributed by atoms with Gasteiger partial charge in [0.2, 0.25) is 17.6 Å². The fourth-order valence-electron chi connectivity index (χ4n) is 1.56. The SMILES string of the molecule is CCCC(=O)NCc1nc(-c2cccc(Cl)c2)no1. The number of halogens is 1. The molecular formula is C13H14ClN3O2. The van der Waals surface area contributed by atoms with E-state index in [2.05, 4.69) is 15.5 Å². The van der Waals surface area contributed by atoms with E-state index in [-0.39, 0.29) is 12.5 Å². The summed E-state index contributed by atoms with van der Waals surface area (Å²) in [6.07, 6.45) is 1.30. The molecule has 6 heteroatoms. The van der Waals surface area contributed by atoms with Crippen LogP contribution in [0.4, 0.5) is 0 Å². The van der Waals surface area contributed by atoms with Gasteiger partial charge in [-0.05, 0) is 18.6 Å². The summed E-state index contributed by atoms with van der Waals surface area (Å²) < 4.78 is 5.07. The number of nitrogens with zero attached hydrogens (tertiary/aromatic N) is 2. The molecule has 0 saturated carbocycles. The van der Waals surface area contributed by atoms with Crippen molar-refractivity contribution in [3.63, 3.8) is 0 Å². The number of carbonyl (C=O) groups is 1. The van der Waals surface area contributed by atoms with Crippen LogP contribution in [0.3, 0.4) is 0 Å². The van der Waals surface area contributed by atoms with Crippen molar-refractivity contribution < 1.29 is 9.32 Å². The number of hydrogen-bond acceptors (Lipinski definition) is 4. The Morgan fingerprint density at radius 3 is 3.05 bits per heavy atom. The van der Waals surface area contributed by atoms with Gasteiger partial charge in [-0.25, -0.2) is 0 Å². The van der Waals surface area contributed by atoms with Gasteiger partial charge in [-0.1, -0.05) is 35.8 Å². The predicted octanol–water partition coefficient (Wildman–Crippen LogP) is 2.81. The molecule has 100 valence electrons. The standard InChI is InChI=1S/C13H14ClN3O2/c1-2-4-11(18)15-8-12-16-13(17-19-12)9-5-3-6-10(14)7-9/h3,5-7H,2,4,8H2,1H3,(H,15,18). The topological polar surface area (TPSA) is 68.0 Å². The molecule has 0 radical (unpaired) electrons. The third-order valence-corrected chi connectivity index (χ3v) is 2.70. The van der Waals surface area contributed by atoms with E-state index >= 15 is 0 Å². The molecule has 0 atom stereocenters. The minimum absolute atomic E-state index is 0.0231. The van der Waals surface area contributed by atoms with Crippen molar-refractivity contribution in [2.75, 3.05) is 0 Å².